The van der Waals surface area contributed by atoms with Crippen LogP contribution in [0, 0.1) is 6.92 Å². The van der Waals surface area contributed by atoms with Gasteiger partial charge in [0, 0.05) is 41.0 Å². The maximum absolute atomic E-state index is 13.6. The number of allylic oxidation sites excluding steroid dienone is 1. The van der Waals surface area contributed by atoms with Gasteiger partial charge in [-0.15, -0.1) is 0 Å². The number of carbonyl (C=O) groups is 2. The molecule has 1 amide bonds. The van der Waals surface area contributed by atoms with Crippen molar-refractivity contribution in [3.63, 3.8) is 0 Å². The highest BCUT2D eigenvalue weighted by atomic mass is 32.2. The van der Waals surface area contributed by atoms with Crippen molar-refractivity contribution in [3.05, 3.63) is 88.3 Å². The van der Waals surface area contributed by atoms with E-state index in [-0.39, 0.29) is 24.7 Å². The molecule has 0 saturated heterocycles. The van der Waals surface area contributed by atoms with E-state index in [0.29, 0.717) is 39.8 Å². The zero-order valence-electron chi connectivity index (χ0n) is 19.6. The third kappa shape index (κ3) is 5.18. The lowest BCUT2D eigenvalue weighted by atomic mass is 9.98. The van der Waals surface area contributed by atoms with Gasteiger partial charge >= 0.3 is 0 Å². The summed E-state index contributed by atoms with van der Waals surface area (Å²) in [6.07, 6.45) is 2.51. The Labute approximate surface area is 207 Å². The molecule has 0 radical (unpaired) electrons. The highest BCUT2D eigenvalue weighted by Crippen LogP contribution is 2.34. The number of fused-ring (bicyclic) bond motifs is 3. The van der Waals surface area contributed by atoms with Gasteiger partial charge in [0.05, 0.1) is 6.54 Å². The van der Waals surface area contributed by atoms with E-state index in [4.69, 9.17) is 5.73 Å². The summed E-state index contributed by atoms with van der Waals surface area (Å²) in [5.41, 5.74) is 7.76. The van der Waals surface area contributed by atoms with Crippen molar-refractivity contribution in [3.8, 4) is 0 Å². The van der Waals surface area contributed by atoms with Crippen LogP contribution in [0.3, 0.4) is 0 Å². The van der Waals surface area contributed by atoms with Crippen LogP contribution in [0.1, 0.15) is 35.1 Å². The van der Waals surface area contributed by atoms with Crippen LogP contribution in [0.25, 0.3) is 21.5 Å². The summed E-state index contributed by atoms with van der Waals surface area (Å²) in [5, 5.41) is 13.5. The van der Waals surface area contributed by atoms with Gasteiger partial charge in [0.2, 0.25) is 11.5 Å². The molecule has 4 aromatic rings. The SMILES string of the molecule is C/C(=C(\CCO)SC(=O)c1cc2ccccc2c2ccccc12)N(C=O)Cc1cnc(C)nc1N. The van der Waals surface area contributed by atoms with Gasteiger partial charge in [0.15, 0.2) is 0 Å². The van der Waals surface area contributed by atoms with E-state index in [1.54, 1.807) is 20.0 Å². The molecule has 0 spiro atoms. The molecule has 178 valence electrons. The van der Waals surface area contributed by atoms with E-state index in [9.17, 15) is 14.7 Å². The summed E-state index contributed by atoms with van der Waals surface area (Å²) in [5.74, 6) is 0.841. The van der Waals surface area contributed by atoms with Gasteiger partial charge in [-0.25, -0.2) is 9.97 Å². The Bertz CT molecular complexity index is 1450. The van der Waals surface area contributed by atoms with Crippen LogP contribution >= 0.6 is 11.8 Å². The molecule has 35 heavy (non-hydrogen) atoms. The average molecular weight is 487 g/mol. The molecular weight excluding hydrogens is 460 g/mol. The Balaban J connectivity index is 1.70. The molecule has 4 rings (SSSR count). The first-order valence-corrected chi connectivity index (χ1v) is 12.0. The number of nitrogens with zero attached hydrogens (tertiary/aromatic N) is 3. The summed E-state index contributed by atoms with van der Waals surface area (Å²) in [6, 6.07) is 17.7. The van der Waals surface area contributed by atoms with Gasteiger partial charge in [-0.05, 0) is 53.2 Å². The first-order chi connectivity index (χ1) is 16.9. The van der Waals surface area contributed by atoms with Crippen LogP contribution in [-0.2, 0) is 11.3 Å². The second-order valence-corrected chi connectivity index (χ2v) is 9.19. The van der Waals surface area contributed by atoms with Gasteiger partial charge in [-0.2, -0.15) is 0 Å². The molecule has 0 unspecified atom stereocenters. The molecule has 3 N–H and O–H groups in total. The fourth-order valence-electron chi connectivity index (χ4n) is 4.01. The van der Waals surface area contributed by atoms with E-state index in [0.717, 1.165) is 33.3 Å². The Hall–Kier alpha value is -3.75. The van der Waals surface area contributed by atoms with E-state index in [1.165, 1.54) is 4.90 Å². The molecule has 1 heterocycles. The number of benzene rings is 3. The normalized spacial score (nSPS) is 12.0. The number of aryl methyl sites for hydroxylation is 1. The van der Waals surface area contributed by atoms with Crippen LogP contribution in [0.4, 0.5) is 5.82 Å². The molecule has 0 atom stereocenters. The first kappa shape index (κ1) is 24.4. The van der Waals surface area contributed by atoms with Gasteiger partial charge in [0.25, 0.3) is 0 Å². The molecule has 0 saturated carbocycles. The van der Waals surface area contributed by atoms with Gasteiger partial charge in [0.1, 0.15) is 11.6 Å². The van der Waals surface area contributed by atoms with Crippen LogP contribution in [0.15, 0.2) is 71.4 Å². The number of anilines is 1. The molecular formula is C27H26N4O3S. The fraction of sp³-hybridized carbons (Fsp3) is 0.185. The number of aromatic nitrogens is 2. The van der Waals surface area contributed by atoms with Crippen molar-refractivity contribution in [2.24, 2.45) is 0 Å². The summed E-state index contributed by atoms with van der Waals surface area (Å²) in [7, 11) is 0. The number of aliphatic hydroxyl groups is 1. The lowest BCUT2D eigenvalue weighted by molar-refractivity contribution is -0.116. The number of hydrogen-bond donors (Lipinski definition) is 2. The van der Waals surface area contributed by atoms with Crippen molar-refractivity contribution in [2.45, 2.75) is 26.8 Å². The summed E-state index contributed by atoms with van der Waals surface area (Å²) in [6.45, 7) is 3.49. The van der Waals surface area contributed by atoms with E-state index in [1.807, 2.05) is 54.6 Å². The molecule has 1 aromatic heterocycles. The molecule has 0 aliphatic carbocycles. The summed E-state index contributed by atoms with van der Waals surface area (Å²) in [4.78, 5) is 35.9. The smallest absolute Gasteiger partial charge is 0.224 e. The molecule has 0 aliphatic heterocycles. The number of nitrogen functional groups attached to an aromatic ring is 1. The highest BCUT2D eigenvalue weighted by molar-refractivity contribution is 8.17. The summed E-state index contributed by atoms with van der Waals surface area (Å²) >= 11 is 1.03. The minimum absolute atomic E-state index is 0.154. The number of rotatable bonds is 8. The Kier molecular flexibility index (Phi) is 7.43. The zero-order chi connectivity index (χ0) is 24.9. The van der Waals surface area contributed by atoms with Crippen molar-refractivity contribution in [1.82, 2.24) is 14.9 Å². The van der Waals surface area contributed by atoms with Crippen LogP contribution in [-0.4, -0.2) is 38.1 Å². The molecule has 0 bridgehead atoms. The predicted molar refractivity (Wildman–Crippen MR) is 141 cm³/mol. The monoisotopic (exact) mass is 486 g/mol. The Morgan fingerprint density at radius 2 is 1.80 bits per heavy atom. The van der Waals surface area contributed by atoms with Crippen LogP contribution < -0.4 is 5.73 Å². The third-order valence-corrected chi connectivity index (χ3v) is 7.01. The number of aliphatic hydroxyl groups excluding tert-OH is 1. The molecule has 8 heteroatoms. The van der Waals surface area contributed by atoms with Crippen molar-refractivity contribution < 1.29 is 14.7 Å². The zero-order valence-corrected chi connectivity index (χ0v) is 20.4. The lowest BCUT2D eigenvalue weighted by Crippen LogP contribution is -2.22. The molecule has 3 aromatic carbocycles. The largest absolute Gasteiger partial charge is 0.396 e. The summed E-state index contributed by atoms with van der Waals surface area (Å²) < 4.78 is 0. The molecule has 0 aliphatic rings. The predicted octanol–water partition coefficient (Wildman–Crippen LogP) is 4.82. The fourth-order valence-corrected chi connectivity index (χ4v) is 4.97. The van der Waals surface area contributed by atoms with Gasteiger partial charge in [-0.1, -0.05) is 48.5 Å². The Morgan fingerprint density at radius 1 is 1.11 bits per heavy atom. The van der Waals surface area contributed by atoms with E-state index in [2.05, 4.69) is 9.97 Å². The number of hydrogen-bond acceptors (Lipinski definition) is 7. The first-order valence-electron chi connectivity index (χ1n) is 11.2. The van der Waals surface area contributed by atoms with E-state index < -0.39 is 0 Å². The maximum atomic E-state index is 13.6. The van der Waals surface area contributed by atoms with E-state index >= 15 is 0 Å². The van der Waals surface area contributed by atoms with Crippen molar-refractivity contribution in [2.75, 3.05) is 12.3 Å². The molecule has 7 nitrogen and oxygen atoms in total. The average Bonchev–Trinajstić information content (AvgIpc) is 2.87. The lowest BCUT2D eigenvalue weighted by Gasteiger charge is -2.22. The maximum Gasteiger partial charge on any atom is 0.224 e. The number of thioether (sulfide) groups is 1. The topological polar surface area (TPSA) is 109 Å². The van der Waals surface area contributed by atoms with Crippen LogP contribution in [0.5, 0.6) is 0 Å². The number of amides is 1. The Morgan fingerprint density at radius 3 is 2.49 bits per heavy atom. The third-order valence-electron chi connectivity index (χ3n) is 5.86. The van der Waals surface area contributed by atoms with Crippen molar-refractivity contribution >= 4 is 50.7 Å². The highest BCUT2D eigenvalue weighted by Gasteiger charge is 2.19. The second-order valence-electron chi connectivity index (χ2n) is 8.12. The van der Waals surface area contributed by atoms with Crippen molar-refractivity contribution in [1.29, 1.82) is 0 Å². The quantitative estimate of drug-likeness (QED) is 0.271. The minimum atomic E-state index is -0.159. The van der Waals surface area contributed by atoms with Crippen LogP contribution in [0.2, 0.25) is 0 Å². The number of nitrogens with two attached hydrogens (primary N) is 1. The molecule has 0 fully saturated rings. The van der Waals surface area contributed by atoms with Gasteiger partial charge < -0.3 is 15.7 Å². The standard InChI is InChI=1S/C27H26N4O3S/c1-17(31(16-33)15-20-14-29-18(2)30-26(20)28)25(11-12-32)35-27(34)24-13-19-7-3-4-8-21(19)22-9-5-6-10-23(22)24/h3-10,13-14,16,32H,11-12,15H2,1-2H3,(H2,28,29,30)/b25-17-. The minimum Gasteiger partial charge on any atom is -0.396 e. The number of carbonyl (C=O) groups excluding carboxylic acids is 2. The van der Waals surface area contributed by atoms with Gasteiger partial charge in [-0.3, -0.25) is 9.59 Å². The second kappa shape index (κ2) is 10.7.